The van der Waals surface area contributed by atoms with Crippen LogP contribution in [0.1, 0.15) is 43.9 Å². The third-order valence-electron chi connectivity index (χ3n) is 11.9. The SMILES string of the molecule is CC(C)(C)/C(O)=C/C(=O)CCc1ccc(-n2c3ccccc3c3ccccc32)cc1.Fc1c[c-]c(-c2ccc(CCc3ccc(-n4c5ccccc5c5ccccc54)cc3)cn2)c(F)c1.[Pt]. The van der Waals surface area contributed by atoms with Gasteiger partial charge in [-0.15, -0.1) is 12.1 Å². The number of hydrogen-bond acceptors (Lipinski definition) is 3. The van der Waals surface area contributed by atoms with Gasteiger partial charge in [-0.25, -0.2) is 0 Å². The number of carbonyl (C=O) groups is 1. The standard InChI is InChI=1S/C31H21F2N2.C27H27NO2.Pt/c32-23-14-17-27(28(33)19-23)29-18-13-22(20-34-29)10-9-21-11-15-24(16-12-21)35-30-7-3-1-5-25(30)26-6-2-4-8-31(26)35;1-27(2,3)26(30)18-21(29)17-14-19-12-15-20(16-13-19)28-24-10-6-4-8-22(24)23-9-5-7-11-25(23)28;/h1-8,11-16,18-20H,9-10H2;4-13,15-16,18,30H,14,17H2,1-3H3;/q-1;;/b;26-18-;. The molecule has 3 heterocycles. The molecule has 0 radical (unpaired) electrons. The van der Waals surface area contributed by atoms with E-state index in [0.717, 1.165) is 47.5 Å². The molecule has 1 N–H and O–H groups in total. The molecule has 5 nitrogen and oxygen atoms in total. The molecule has 0 aliphatic carbocycles. The predicted octanol–water partition coefficient (Wildman–Crippen LogP) is 14.5. The number of ketones is 1. The predicted molar refractivity (Wildman–Crippen MR) is 261 cm³/mol. The van der Waals surface area contributed by atoms with E-state index in [1.807, 2.05) is 26.8 Å². The van der Waals surface area contributed by atoms with Gasteiger partial charge in [0.25, 0.3) is 0 Å². The van der Waals surface area contributed by atoms with Crippen molar-refractivity contribution in [1.29, 1.82) is 0 Å². The van der Waals surface area contributed by atoms with E-state index >= 15 is 0 Å². The van der Waals surface area contributed by atoms with Crippen molar-refractivity contribution in [2.45, 2.75) is 46.5 Å². The summed E-state index contributed by atoms with van der Waals surface area (Å²) in [4.78, 5) is 16.5. The second-order valence-corrected chi connectivity index (χ2v) is 17.4. The van der Waals surface area contributed by atoms with Crippen molar-refractivity contribution in [3.05, 3.63) is 222 Å². The average molecular weight is 1050 g/mol. The summed E-state index contributed by atoms with van der Waals surface area (Å²) in [6.07, 6.45) is 5.84. The molecule has 7 aromatic carbocycles. The van der Waals surface area contributed by atoms with Crippen molar-refractivity contribution in [3.8, 4) is 22.6 Å². The summed E-state index contributed by atoms with van der Waals surface area (Å²) in [5.74, 6) is -1.22. The number of aliphatic hydroxyl groups is 1. The first-order chi connectivity index (χ1) is 31.5. The molecule has 332 valence electrons. The fourth-order valence-electron chi connectivity index (χ4n) is 8.38. The van der Waals surface area contributed by atoms with Crippen molar-refractivity contribution < 1.29 is 39.7 Å². The monoisotopic (exact) mass is 1050 g/mol. The quantitative estimate of drug-likeness (QED) is 0.0843. The molecule has 66 heavy (non-hydrogen) atoms. The van der Waals surface area contributed by atoms with Gasteiger partial charge in [-0.05, 0) is 90.2 Å². The number of pyridine rings is 1. The van der Waals surface area contributed by atoms with Gasteiger partial charge in [0, 0.05) is 89.7 Å². The number of carbonyl (C=O) groups excluding carboxylic acids is 1. The van der Waals surface area contributed by atoms with E-state index < -0.39 is 17.0 Å². The zero-order valence-corrected chi connectivity index (χ0v) is 39.2. The molecule has 8 heteroatoms. The van der Waals surface area contributed by atoms with Crippen LogP contribution in [0.15, 0.2) is 188 Å². The molecule has 0 saturated heterocycles. The number of nitrogens with zero attached hydrogens (tertiary/aromatic N) is 3. The fourth-order valence-corrected chi connectivity index (χ4v) is 8.38. The number of fused-ring (bicyclic) bond motifs is 6. The molecule has 10 rings (SSSR count). The van der Waals surface area contributed by atoms with E-state index in [4.69, 9.17) is 0 Å². The van der Waals surface area contributed by atoms with E-state index in [-0.39, 0.29) is 38.2 Å². The smallest absolute Gasteiger partial charge is 0.159 e. The minimum atomic E-state index is -0.659. The Morgan fingerprint density at radius 1 is 0.606 bits per heavy atom. The number of rotatable bonds is 10. The van der Waals surface area contributed by atoms with Gasteiger partial charge in [-0.1, -0.05) is 142 Å². The molecule has 0 unspecified atom stereocenters. The van der Waals surface area contributed by atoms with E-state index in [1.54, 1.807) is 12.3 Å². The number of benzene rings is 7. The summed E-state index contributed by atoms with van der Waals surface area (Å²) in [7, 11) is 0. The van der Waals surface area contributed by atoms with Gasteiger partial charge in [-0.3, -0.25) is 13.6 Å². The second kappa shape index (κ2) is 19.7. The Hall–Kier alpha value is -6.95. The van der Waals surface area contributed by atoms with Crippen LogP contribution >= 0.6 is 0 Å². The van der Waals surface area contributed by atoms with E-state index in [1.165, 1.54) is 55.3 Å². The Morgan fingerprint density at radius 3 is 1.45 bits per heavy atom. The van der Waals surface area contributed by atoms with Gasteiger partial charge in [0.1, 0.15) is 5.76 Å². The summed E-state index contributed by atoms with van der Waals surface area (Å²) in [6, 6.07) is 59.2. The number of hydrogen-bond donors (Lipinski definition) is 1. The Bertz CT molecular complexity index is 3240. The van der Waals surface area contributed by atoms with Crippen molar-refractivity contribution >= 4 is 49.4 Å². The molecule has 0 bridgehead atoms. The summed E-state index contributed by atoms with van der Waals surface area (Å²) in [5.41, 5.74) is 10.6. The summed E-state index contributed by atoms with van der Waals surface area (Å²) < 4.78 is 31.7. The number of aliphatic hydroxyl groups excluding tert-OH is 1. The van der Waals surface area contributed by atoms with Crippen LogP contribution in [-0.4, -0.2) is 25.0 Å². The van der Waals surface area contributed by atoms with Gasteiger partial charge < -0.3 is 19.2 Å². The van der Waals surface area contributed by atoms with Crippen molar-refractivity contribution in [1.82, 2.24) is 14.1 Å². The largest absolute Gasteiger partial charge is 0.512 e. The first-order valence-electron chi connectivity index (χ1n) is 21.9. The van der Waals surface area contributed by atoms with E-state index in [2.05, 4.69) is 166 Å². The van der Waals surface area contributed by atoms with Gasteiger partial charge in [0.05, 0.1) is 22.1 Å². The number of halogens is 2. The Labute approximate surface area is 398 Å². The van der Waals surface area contributed by atoms with E-state index in [0.29, 0.717) is 18.5 Å². The maximum Gasteiger partial charge on any atom is 0.159 e. The topological polar surface area (TPSA) is 60.0 Å². The molecule has 0 spiro atoms. The molecule has 0 aliphatic heterocycles. The average Bonchev–Trinajstić information content (AvgIpc) is 3.84. The maximum atomic E-state index is 14.0. The Balaban J connectivity index is 0.000000179. The molecule has 0 saturated carbocycles. The van der Waals surface area contributed by atoms with Crippen LogP contribution in [0.3, 0.4) is 0 Å². The number of allylic oxidation sites excluding steroid dienone is 2. The summed E-state index contributed by atoms with van der Waals surface area (Å²) in [6.45, 7) is 5.67. The second-order valence-electron chi connectivity index (χ2n) is 17.4. The van der Waals surface area contributed by atoms with Gasteiger partial charge in [0.15, 0.2) is 5.78 Å². The van der Waals surface area contributed by atoms with Crippen LogP contribution in [0.25, 0.3) is 66.2 Å². The van der Waals surface area contributed by atoms with Crippen LogP contribution in [0.5, 0.6) is 0 Å². The molecule has 0 aliphatic rings. The third kappa shape index (κ3) is 9.68. The van der Waals surface area contributed by atoms with Gasteiger partial charge in [-0.2, -0.15) is 0 Å². The molecule has 0 amide bonds. The van der Waals surface area contributed by atoms with Crippen molar-refractivity contribution in [3.63, 3.8) is 0 Å². The molecular weight excluding hydrogens is 1000 g/mol. The molecule has 0 atom stereocenters. The normalized spacial score (nSPS) is 11.7. The molecule has 0 fully saturated rings. The maximum absolute atomic E-state index is 14.0. The minimum Gasteiger partial charge on any atom is -0.512 e. The zero-order chi connectivity index (χ0) is 45.1. The van der Waals surface area contributed by atoms with Crippen molar-refractivity contribution in [2.75, 3.05) is 0 Å². The first-order valence-corrected chi connectivity index (χ1v) is 21.9. The summed E-state index contributed by atoms with van der Waals surface area (Å²) >= 11 is 0. The van der Waals surface area contributed by atoms with Crippen LogP contribution < -0.4 is 0 Å². The van der Waals surface area contributed by atoms with Crippen LogP contribution in [0, 0.1) is 23.1 Å². The Morgan fingerprint density at radius 2 is 1.03 bits per heavy atom. The van der Waals surface area contributed by atoms with E-state index in [9.17, 15) is 18.7 Å². The van der Waals surface area contributed by atoms with Crippen LogP contribution in [0.4, 0.5) is 8.78 Å². The number of aromatic nitrogens is 3. The molecule has 3 aromatic heterocycles. The molecule has 10 aromatic rings. The fraction of sp³-hybridized carbons (Fsp3) is 0.138. The van der Waals surface area contributed by atoms with Crippen LogP contribution in [-0.2, 0) is 45.1 Å². The van der Waals surface area contributed by atoms with Crippen LogP contribution in [0.2, 0.25) is 0 Å². The number of para-hydroxylation sites is 4. The van der Waals surface area contributed by atoms with Gasteiger partial charge >= 0.3 is 0 Å². The summed E-state index contributed by atoms with van der Waals surface area (Å²) in [5, 5.41) is 15.0. The van der Waals surface area contributed by atoms with Crippen molar-refractivity contribution in [2.24, 2.45) is 5.41 Å². The Kier molecular flexibility index (Phi) is 13.6. The zero-order valence-electron chi connectivity index (χ0n) is 36.9. The third-order valence-corrected chi connectivity index (χ3v) is 11.9. The first kappa shape index (κ1) is 45.6. The van der Waals surface area contributed by atoms with Gasteiger partial charge in [0.2, 0.25) is 0 Å². The number of aryl methyl sites for hydroxylation is 3. The minimum absolute atomic E-state index is 0. The molecular formula is C58H48F2N3O2Pt-.